The number of thiazole rings is 1. The number of aryl methyl sites for hydroxylation is 1. The molecule has 1 N–H and O–H groups in total. The molecule has 2 aromatic rings. The third-order valence-corrected chi connectivity index (χ3v) is 3.20. The molecule has 0 amide bonds. The summed E-state index contributed by atoms with van der Waals surface area (Å²) in [6.07, 6.45) is -3.84. The number of alkyl halides is 3. The Bertz CT molecular complexity index is 634. The largest absolute Gasteiger partial charge is 0.417 e. The number of aromatic nitrogens is 1. The highest BCUT2D eigenvalue weighted by Gasteiger charge is 2.33. The Morgan fingerprint density at radius 3 is 2.70 bits per heavy atom. The first-order chi connectivity index (χ1) is 9.38. The Hall–Kier alpha value is -1.96. The van der Waals surface area contributed by atoms with Crippen molar-refractivity contribution >= 4 is 22.7 Å². The van der Waals surface area contributed by atoms with Crippen molar-refractivity contribution in [2.24, 2.45) is 5.10 Å². The number of hydrogen-bond donors (Lipinski definition) is 1. The van der Waals surface area contributed by atoms with E-state index in [-0.39, 0.29) is 0 Å². The van der Waals surface area contributed by atoms with Crippen molar-refractivity contribution in [3.8, 4) is 0 Å². The van der Waals surface area contributed by atoms with Gasteiger partial charge in [-0.15, -0.1) is 11.3 Å². The molecule has 1 aromatic heterocycles. The molecule has 0 radical (unpaired) electrons. The molecular weight excluding hydrogens is 294 g/mol. The van der Waals surface area contributed by atoms with Crippen molar-refractivity contribution < 1.29 is 17.6 Å². The van der Waals surface area contributed by atoms with Crippen LogP contribution in [-0.4, -0.2) is 11.2 Å². The predicted octanol–water partition coefficient (Wildman–Crippen LogP) is 4.06. The van der Waals surface area contributed by atoms with E-state index in [9.17, 15) is 17.6 Å². The lowest BCUT2D eigenvalue weighted by molar-refractivity contribution is -0.137. The normalized spacial score (nSPS) is 12.1. The smallest absolute Gasteiger partial charge is 0.253 e. The number of halogens is 4. The van der Waals surface area contributed by atoms with Gasteiger partial charge < -0.3 is 0 Å². The van der Waals surface area contributed by atoms with Crippen LogP contribution in [0, 0.1) is 12.7 Å². The van der Waals surface area contributed by atoms with Crippen LogP contribution in [0.5, 0.6) is 0 Å². The van der Waals surface area contributed by atoms with Crippen molar-refractivity contribution in [2.75, 3.05) is 5.43 Å². The van der Waals surface area contributed by atoms with Gasteiger partial charge in [0.2, 0.25) is 5.13 Å². The molecule has 0 atom stereocenters. The minimum atomic E-state index is -4.64. The Morgan fingerprint density at radius 2 is 2.10 bits per heavy atom. The third-order valence-electron chi connectivity index (χ3n) is 2.33. The van der Waals surface area contributed by atoms with Crippen molar-refractivity contribution in [1.82, 2.24) is 4.98 Å². The van der Waals surface area contributed by atoms with E-state index < -0.39 is 23.1 Å². The predicted molar refractivity (Wildman–Crippen MR) is 69.5 cm³/mol. The lowest BCUT2D eigenvalue weighted by atomic mass is 10.1. The molecule has 8 heteroatoms. The maximum absolute atomic E-state index is 13.5. The van der Waals surface area contributed by atoms with Crippen molar-refractivity contribution in [2.45, 2.75) is 13.1 Å². The molecule has 0 saturated heterocycles. The number of hydrazone groups is 1. The average molecular weight is 303 g/mol. The highest BCUT2D eigenvalue weighted by Crippen LogP contribution is 2.32. The van der Waals surface area contributed by atoms with Gasteiger partial charge in [-0.3, -0.25) is 5.43 Å². The van der Waals surface area contributed by atoms with Gasteiger partial charge in [-0.2, -0.15) is 18.3 Å². The minimum Gasteiger partial charge on any atom is -0.253 e. The quantitative estimate of drug-likeness (QED) is 0.527. The summed E-state index contributed by atoms with van der Waals surface area (Å²) in [6.45, 7) is 1.77. The van der Waals surface area contributed by atoms with E-state index in [4.69, 9.17) is 0 Å². The zero-order valence-electron chi connectivity index (χ0n) is 10.2. The molecule has 1 heterocycles. The van der Waals surface area contributed by atoms with Crippen LogP contribution in [0.2, 0.25) is 0 Å². The van der Waals surface area contributed by atoms with Gasteiger partial charge in [0.05, 0.1) is 17.5 Å². The minimum absolute atomic E-state index is 0.420. The summed E-state index contributed by atoms with van der Waals surface area (Å²) < 4.78 is 51.6. The fraction of sp³-hybridized carbons (Fsp3) is 0.167. The van der Waals surface area contributed by atoms with Crippen molar-refractivity contribution in [1.29, 1.82) is 0 Å². The van der Waals surface area contributed by atoms with Crippen LogP contribution in [-0.2, 0) is 6.18 Å². The average Bonchev–Trinajstić information content (AvgIpc) is 2.76. The van der Waals surface area contributed by atoms with Gasteiger partial charge in [0, 0.05) is 10.9 Å². The van der Waals surface area contributed by atoms with Gasteiger partial charge in [0.15, 0.2) is 0 Å². The fourth-order valence-electron chi connectivity index (χ4n) is 1.47. The molecule has 0 bridgehead atoms. The Morgan fingerprint density at radius 1 is 1.35 bits per heavy atom. The second kappa shape index (κ2) is 5.58. The first-order valence-corrected chi connectivity index (χ1v) is 6.33. The van der Waals surface area contributed by atoms with E-state index >= 15 is 0 Å². The first kappa shape index (κ1) is 14.4. The zero-order valence-corrected chi connectivity index (χ0v) is 11.0. The molecule has 0 aliphatic rings. The second-order valence-corrected chi connectivity index (χ2v) is 4.72. The number of nitrogens with zero attached hydrogens (tertiary/aromatic N) is 2. The van der Waals surface area contributed by atoms with Crippen LogP contribution in [0.4, 0.5) is 22.7 Å². The van der Waals surface area contributed by atoms with Crippen LogP contribution in [0.3, 0.4) is 0 Å². The summed E-state index contributed by atoms with van der Waals surface area (Å²) in [7, 11) is 0. The molecule has 0 saturated carbocycles. The Balaban J connectivity index is 2.24. The number of benzene rings is 1. The molecule has 0 spiro atoms. The molecule has 0 aliphatic carbocycles. The van der Waals surface area contributed by atoms with Crippen LogP contribution in [0.1, 0.15) is 16.8 Å². The maximum atomic E-state index is 13.5. The van der Waals surface area contributed by atoms with Gasteiger partial charge in [0.1, 0.15) is 5.82 Å². The SMILES string of the molecule is Cc1csc(NN=Cc2c(F)cccc2C(F)(F)F)n1. The summed E-state index contributed by atoms with van der Waals surface area (Å²) in [4.78, 5) is 4.01. The molecule has 1 aromatic carbocycles. The summed E-state index contributed by atoms with van der Waals surface area (Å²) in [5, 5.41) is 5.77. The third kappa shape index (κ3) is 3.32. The van der Waals surface area contributed by atoms with Gasteiger partial charge in [-0.05, 0) is 19.1 Å². The van der Waals surface area contributed by atoms with Gasteiger partial charge in [-0.25, -0.2) is 9.37 Å². The van der Waals surface area contributed by atoms with Crippen molar-refractivity contribution in [3.05, 3.63) is 46.2 Å². The number of rotatable bonds is 3. The topological polar surface area (TPSA) is 37.3 Å². The molecule has 106 valence electrons. The van der Waals surface area contributed by atoms with Gasteiger partial charge >= 0.3 is 6.18 Å². The molecule has 2 rings (SSSR count). The highest BCUT2D eigenvalue weighted by molar-refractivity contribution is 7.13. The van der Waals surface area contributed by atoms with Crippen LogP contribution >= 0.6 is 11.3 Å². The van der Waals surface area contributed by atoms with E-state index in [1.165, 1.54) is 11.3 Å². The summed E-state index contributed by atoms with van der Waals surface area (Å²) in [5.41, 5.74) is 1.54. The lowest BCUT2D eigenvalue weighted by Crippen LogP contribution is -2.10. The number of hydrogen-bond acceptors (Lipinski definition) is 4. The van der Waals surface area contributed by atoms with Crippen LogP contribution in [0.15, 0.2) is 28.7 Å². The molecule has 0 aliphatic heterocycles. The van der Waals surface area contributed by atoms with E-state index in [2.05, 4.69) is 15.5 Å². The summed E-state index contributed by atoms with van der Waals surface area (Å²) >= 11 is 1.25. The van der Waals surface area contributed by atoms with Crippen LogP contribution in [0.25, 0.3) is 0 Å². The zero-order chi connectivity index (χ0) is 14.8. The Kier molecular flexibility index (Phi) is 4.03. The van der Waals surface area contributed by atoms with Gasteiger partial charge in [-0.1, -0.05) is 6.07 Å². The Labute approximate surface area is 116 Å². The van der Waals surface area contributed by atoms with E-state index in [1.54, 1.807) is 12.3 Å². The van der Waals surface area contributed by atoms with Crippen molar-refractivity contribution in [3.63, 3.8) is 0 Å². The molecule has 20 heavy (non-hydrogen) atoms. The van der Waals surface area contributed by atoms with E-state index in [0.717, 1.165) is 30.1 Å². The standard InChI is InChI=1S/C12H9F4N3S/c1-7-6-20-11(18-7)19-17-5-8-9(12(14,15)16)3-2-4-10(8)13/h2-6H,1H3,(H,18,19). The highest BCUT2D eigenvalue weighted by atomic mass is 32.1. The fourth-order valence-corrected chi connectivity index (χ4v) is 2.11. The monoisotopic (exact) mass is 303 g/mol. The molecule has 0 fully saturated rings. The van der Waals surface area contributed by atoms with Gasteiger partial charge in [0.25, 0.3) is 0 Å². The second-order valence-electron chi connectivity index (χ2n) is 3.86. The number of anilines is 1. The van der Waals surface area contributed by atoms with E-state index in [0.29, 0.717) is 5.13 Å². The first-order valence-electron chi connectivity index (χ1n) is 5.45. The van der Waals surface area contributed by atoms with E-state index in [1.807, 2.05) is 0 Å². The summed E-state index contributed by atoms with van der Waals surface area (Å²) in [5.74, 6) is -0.985. The molecular formula is C12H9F4N3S. The summed E-state index contributed by atoms with van der Waals surface area (Å²) in [6, 6.07) is 2.76. The van der Waals surface area contributed by atoms with Crippen LogP contribution < -0.4 is 5.43 Å². The molecule has 0 unspecified atom stereocenters. The molecule has 3 nitrogen and oxygen atoms in total. The number of nitrogens with one attached hydrogen (secondary N) is 1. The maximum Gasteiger partial charge on any atom is 0.417 e. The lowest BCUT2D eigenvalue weighted by Gasteiger charge is -2.10.